The predicted octanol–water partition coefficient (Wildman–Crippen LogP) is 5.25. The minimum atomic E-state index is -0.111. The minimum absolute atomic E-state index is 0.111. The van der Waals surface area contributed by atoms with Crippen LogP contribution in [0.2, 0.25) is 10.0 Å². The molecule has 1 aliphatic carbocycles. The zero-order valence-electron chi connectivity index (χ0n) is 14.9. The number of aromatic nitrogens is 2. The second-order valence-electron chi connectivity index (χ2n) is 6.53. The fourth-order valence-corrected chi connectivity index (χ4v) is 3.26. The number of amides is 1. The summed E-state index contributed by atoms with van der Waals surface area (Å²) in [5.41, 5.74) is 1.47. The van der Waals surface area contributed by atoms with E-state index in [1.165, 1.54) is 6.08 Å². The number of hydrogen-bond donors (Lipinski definition) is 0. The summed E-state index contributed by atoms with van der Waals surface area (Å²) in [6.07, 6.45) is 5.20. The van der Waals surface area contributed by atoms with Gasteiger partial charge in [0.05, 0.1) is 17.1 Å². The summed E-state index contributed by atoms with van der Waals surface area (Å²) in [5, 5.41) is 9.29. The van der Waals surface area contributed by atoms with Crippen LogP contribution in [0.5, 0.6) is 0 Å². The second-order valence-corrected chi connectivity index (χ2v) is 7.35. The molecule has 0 radical (unpaired) electrons. The fourth-order valence-electron chi connectivity index (χ4n) is 2.85. The van der Waals surface area contributed by atoms with Gasteiger partial charge in [0, 0.05) is 17.1 Å². The number of carbonyl (C=O) groups excluding carboxylic acids is 1. The zero-order valence-corrected chi connectivity index (χ0v) is 16.4. The van der Waals surface area contributed by atoms with E-state index < -0.39 is 0 Å². The van der Waals surface area contributed by atoms with Crippen LogP contribution in [0.25, 0.3) is 17.5 Å². The van der Waals surface area contributed by atoms with E-state index in [1.54, 1.807) is 23.1 Å². The molecule has 1 aliphatic rings. The summed E-state index contributed by atoms with van der Waals surface area (Å²) in [6, 6.07) is 14.8. The van der Waals surface area contributed by atoms with Crippen molar-refractivity contribution in [1.82, 2.24) is 15.1 Å². The van der Waals surface area contributed by atoms with Gasteiger partial charge in [0.15, 0.2) is 0 Å². The van der Waals surface area contributed by atoms with Crippen LogP contribution >= 0.6 is 23.2 Å². The zero-order chi connectivity index (χ0) is 19.5. The maximum absolute atomic E-state index is 12.7. The van der Waals surface area contributed by atoms with Gasteiger partial charge in [0.2, 0.25) is 17.7 Å². The number of nitrogens with zero attached hydrogens (tertiary/aromatic N) is 3. The lowest BCUT2D eigenvalue weighted by Gasteiger charge is -2.18. The third kappa shape index (κ3) is 4.26. The first-order valence-corrected chi connectivity index (χ1v) is 9.68. The van der Waals surface area contributed by atoms with Crippen molar-refractivity contribution >= 4 is 35.2 Å². The number of rotatable bonds is 6. The summed E-state index contributed by atoms with van der Waals surface area (Å²) >= 11 is 12.3. The van der Waals surface area contributed by atoms with Crippen LogP contribution in [0.3, 0.4) is 0 Å². The molecule has 1 saturated carbocycles. The molecule has 0 saturated heterocycles. The van der Waals surface area contributed by atoms with E-state index in [1.807, 2.05) is 36.4 Å². The number of benzene rings is 2. The van der Waals surface area contributed by atoms with Gasteiger partial charge in [-0.05, 0) is 42.7 Å². The second kappa shape index (κ2) is 8.17. The topological polar surface area (TPSA) is 59.2 Å². The molecule has 0 bridgehead atoms. The Bertz CT molecular complexity index is 1030. The van der Waals surface area contributed by atoms with E-state index in [4.69, 9.17) is 27.6 Å². The fraction of sp³-hybridized carbons (Fsp3) is 0.190. The highest BCUT2D eigenvalue weighted by Gasteiger charge is 2.32. The Hall–Kier alpha value is -2.63. The first-order valence-electron chi connectivity index (χ1n) is 8.92. The van der Waals surface area contributed by atoms with E-state index >= 15 is 0 Å². The minimum Gasteiger partial charge on any atom is -0.419 e. The Balaban J connectivity index is 1.50. The molecule has 142 valence electrons. The molecule has 0 N–H and O–H groups in total. The van der Waals surface area contributed by atoms with E-state index in [9.17, 15) is 4.79 Å². The van der Waals surface area contributed by atoms with Gasteiger partial charge in [-0.1, -0.05) is 53.5 Å². The first kappa shape index (κ1) is 18.7. The summed E-state index contributed by atoms with van der Waals surface area (Å²) in [7, 11) is 0. The highest BCUT2D eigenvalue weighted by molar-refractivity contribution is 6.33. The van der Waals surface area contributed by atoms with Crippen molar-refractivity contribution in [2.45, 2.75) is 25.4 Å². The van der Waals surface area contributed by atoms with Crippen molar-refractivity contribution in [3.8, 4) is 11.5 Å². The van der Waals surface area contributed by atoms with Crippen LogP contribution in [-0.4, -0.2) is 27.0 Å². The molecule has 0 unspecified atom stereocenters. The first-order chi connectivity index (χ1) is 13.6. The molecule has 28 heavy (non-hydrogen) atoms. The van der Waals surface area contributed by atoms with Crippen LogP contribution in [-0.2, 0) is 11.3 Å². The summed E-state index contributed by atoms with van der Waals surface area (Å²) in [5.74, 6) is 0.608. The Morgan fingerprint density at radius 1 is 1.07 bits per heavy atom. The maximum Gasteiger partial charge on any atom is 0.249 e. The van der Waals surface area contributed by atoms with Crippen LogP contribution in [0.4, 0.5) is 0 Å². The van der Waals surface area contributed by atoms with E-state index in [-0.39, 0.29) is 18.5 Å². The molecule has 2 aromatic carbocycles. The molecule has 1 heterocycles. The SMILES string of the molecule is O=C(/C=C/c1ccccc1Cl)N(Cc1nnc(-c2ccccc2Cl)o1)C1CC1. The molecule has 4 rings (SSSR count). The average molecular weight is 414 g/mol. The summed E-state index contributed by atoms with van der Waals surface area (Å²) < 4.78 is 5.75. The van der Waals surface area contributed by atoms with Gasteiger partial charge in [-0.25, -0.2) is 0 Å². The molecular weight excluding hydrogens is 397 g/mol. The Morgan fingerprint density at radius 3 is 2.50 bits per heavy atom. The van der Waals surface area contributed by atoms with Gasteiger partial charge in [-0.15, -0.1) is 10.2 Å². The van der Waals surface area contributed by atoms with Gasteiger partial charge in [0.25, 0.3) is 0 Å². The van der Waals surface area contributed by atoms with Crippen molar-refractivity contribution in [3.63, 3.8) is 0 Å². The van der Waals surface area contributed by atoms with Crippen LogP contribution < -0.4 is 0 Å². The van der Waals surface area contributed by atoms with Gasteiger partial charge in [-0.3, -0.25) is 4.79 Å². The molecule has 5 nitrogen and oxygen atoms in total. The predicted molar refractivity (Wildman–Crippen MR) is 109 cm³/mol. The standard InChI is InChI=1S/C21H17Cl2N3O2/c22-17-7-3-1-5-14(17)9-12-20(27)26(15-10-11-15)13-19-24-25-21(28-19)16-6-2-4-8-18(16)23/h1-9,12,15H,10-11,13H2/b12-9+. The molecule has 0 spiro atoms. The molecule has 0 aliphatic heterocycles. The summed E-state index contributed by atoms with van der Waals surface area (Å²) in [6.45, 7) is 0.258. The van der Waals surface area contributed by atoms with Gasteiger partial charge in [0.1, 0.15) is 0 Å². The van der Waals surface area contributed by atoms with Crippen molar-refractivity contribution in [2.75, 3.05) is 0 Å². The van der Waals surface area contributed by atoms with Gasteiger partial charge < -0.3 is 9.32 Å². The average Bonchev–Trinajstić information content (AvgIpc) is 3.44. The lowest BCUT2D eigenvalue weighted by Crippen LogP contribution is -2.31. The Labute approximate surface area is 172 Å². The molecule has 1 fully saturated rings. The number of carbonyl (C=O) groups is 1. The van der Waals surface area contributed by atoms with E-state index in [2.05, 4.69) is 10.2 Å². The highest BCUT2D eigenvalue weighted by Crippen LogP contribution is 2.30. The number of hydrogen-bond acceptors (Lipinski definition) is 4. The maximum atomic E-state index is 12.7. The third-order valence-corrected chi connectivity index (χ3v) is 5.13. The monoisotopic (exact) mass is 413 g/mol. The molecule has 1 aromatic heterocycles. The Kier molecular flexibility index (Phi) is 5.46. The van der Waals surface area contributed by atoms with Gasteiger partial charge >= 0.3 is 0 Å². The van der Waals surface area contributed by atoms with E-state index in [0.717, 1.165) is 18.4 Å². The van der Waals surface area contributed by atoms with Crippen molar-refractivity contribution in [3.05, 3.63) is 76.1 Å². The van der Waals surface area contributed by atoms with Crippen LogP contribution in [0.1, 0.15) is 24.3 Å². The van der Waals surface area contributed by atoms with Crippen molar-refractivity contribution in [2.24, 2.45) is 0 Å². The third-order valence-electron chi connectivity index (χ3n) is 4.46. The van der Waals surface area contributed by atoms with Gasteiger partial charge in [-0.2, -0.15) is 0 Å². The summed E-state index contributed by atoms with van der Waals surface area (Å²) in [4.78, 5) is 14.5. The molecule has 3 aromatic rings. The molecule has 0 atom stereocenters. The van der Waals surface area contributed by atoms with Crippen molar-refractivity contribution in [1.29, 1.82) is 0 Å². The molecule has 1 amide bonds. The Morgan fingerprint density at radius 2 is 1.79 bits per heavy atom. The molecular formula is C21H17Cl2N3O2. The highest BCUT2D eigenvalue weighted by atomic mass is 35.5. The molecule has 7 heteroatoms. The number of halogens is 2. The largest absolute Gasteiger partial charge is 0.419 e. The lowest BCUT2D eigenvalue weighted by molar-refractivity contribution is -0.127. The quantitative estimate of drug-likeness (QED) is 0.517. The van der Waals surface area contributed by atoms with Crippen LogP contribution in [0.15, 0.2) is 59.0 Å². The smallest absolute Gasteiger partial charge is 0.249 e. The lowest BCUT2D eigenvalue weighted by atomic mass is 10.2. The van der Waals surface area contributed by atoms with Crippen LogP contribution in [0, 0.1) is 0 Å². The normalized spacial score (nSPS) is 13.8. The van der Waals surface area contributed by atoms with E-state index in [0.29, 0.717) is 27.4 Å². The van der Waals surface area contributed by atoms with Crippen molar-refractivity contribution < 1.29 is 9.21 Å².